The summed E-state index contributed by atoms with van der Waals surface area (Å²) < 4.78 is 0. The van der Waals surface area contributed by atoms with E-state index in [1.54, 1.807) is 0 Å². The van der Waals surface area contributed by atoms with Gasteiger partial charge in [0, 0.05) is 35.4 Å². The Hall–Kier alpha value is -3.08. The summed E-state index contributed by atoms with van der Waals surface area (Å²) in [6.45, 7) is 5.83. The third-order valence-corrected chi connectivity index (χ3v) is 6.92. The van der Waals surface area contributed by atoms with Crippen molar-refractivity contribution in [3.63, 3.8) is 0 Å². The quantitative estimate of drug-likeness (QED) is 0.626. The molecule has 3 aromatic rings. The van der Waals surface area contributed by atoms with Crippen LogP contribution < -0.4 is 5.32 Å². The van der Waals surface area contributed by atoms with Gasteiger partial charge in [-0.1, -0.05) is 25.1 Å². The van der Waals surface area contributed by atoms with Crippen molar-refractivity contribution in [2.45, 2.75) is 46.0 Å². The van der Waals surface area contributed by atoms with E-state index in [1.807, 2.05) is 42.2 Å². The fraction of sp³-hybridized carbons (Fsp3) is 0.385. The van der Waals surface area contributed by atoms with Crippen LogP contribution in [0, 0.1) is 12.8 Å². The molecule has 0 radical (unpaired) electrons. The Balaban J connectivity index is 1.45. The number of hydrogen-bond acceptors (Lipinski definition) is 2. The number of likely N-dealkylation sites (tertiary alicyclic amines) is 1. The molecule has 2 aliphatic rings. The smallest absolute Gasteiger partial charge is 0.257 e. The predicted molar refractivity (Wildman–Crippen MR) is 124 cm³/mol. The standard InChI is InChI=1S/C26H29N3O2/c1-16-11-12-23-21(15-16)19-8-5-9-20(24(19)27-23)25(30)28-22-10-6-7-18(17(22)2)26(31)29-13-3-4-14-29/h5-10,16,27H,3-4,11-15H2,1-2H3,(H,28,30). The summed E-state index contributed by atoms with van der Waals surface area (Å²) in [7, 11) is 0. The Morgan fingerprint density at radius 1 is 1.06 bits per heavy atom. The monoisotopic (exact) mass is 415 g/mol. The van der Waals surface area contributed by atoms with Crippen molar-refractivity contribution in [1.82, 2.24) is 9.88 Å². The van der Waals surface area contributed by atoms with Crippen LogP contribution in [0.2, 0.25) is 0 Å². The van der Waals surface area contributed by atoms with Crippen molar-refractivity contribution in [3.8, 4) is 0 Å². The maximum Gasteiger partial charge on any atom is 0.257 e. The number of hydrogen-bond donors (Lipinski definition) is 2. The van der Waals surface area contributed by atoms with Crippen LogP contribution in [-0.2, 0) is 12.8 Å². The van der Waals surface area contributed by atoms with E-state index in [9.17, 15) is 9.59 Å². The number of anilines is 1. The summed E-state index contributed by atoms with van der Waals surface area (Å²) in [5.41, 5.74) is 6.37. The number of fused-ring (bicyclic) bond motifs is 3. The molecule has 1 aliphatic carbocycles. The minimum atomic E-state index is -0.147. The van der Waals surface area contributed by atoms with Gasteiger partial charge in [-0.15, -0.1) is 0 Å². The van der Waals surface area contributed by atoms with Gasteiger partial charge in [0.15, 0.2) is 0 Å². The van der Waals surface area contributed by atoms with E-state index in [0.717, 1.165) is 55.2 Å². The van der Waals surface area contributed by atoms with Gasteiger partial charge < -0.3 is 15.2 Å². The number of aryl methyl sites for hydroxylation is 1. The Bertz CT molecular complexity index is 1170. The zero-order valence-corrected chi connectivity index (χ0v) is 18.3. The van der Waals surface area contributed by atoms with Crippen LogP contribution in [0.25, 0.3) is 10.9 Å². The number of benzene rings is 2. The highest BCUT2D eigenvalue weighted by Crippen LogP contribution is 2.33. The highest BCUT2D eigenvalue weighted by atomic mass is 16.2. The summed E-state index contributed by atoms with van der Waals surface area (Å²) in [5, 5.41) is 4.22. The summed E-state index contributed by atoms with van der Waals surface area (Å²) in [6, 6.07) is 11.5. The molecule has 1 aliphatic heterocycles. The van der Waals surface area contributed by atoms with E-state index in [1.165, 1.54) is 17.7 Å². The third kappa shape index (κ3) is 3.52. The Kier molecular flexibility index (Phi) is 5.05. The molecule has 5 heteroatoms. The van der Waals surface area contributed by atoms with E-state index in [0.29, 0.717) is 22.7 Å². The highest BCUT2D eigenvalue weighted by Gasteiger charge is 2.24. The van der Waals surface area contributed by atoms with Crippen molar-refractivity contribution in [3.05, 3.63) is 64.3 Å². The number of amides is 2. The van der Waals surface area contributed by atoms with Gasteiger partial charge >= 0.3 is 0 Å². The fourth-order valence-corrected chi connectivity index (χ4v) is 5.09. The first-order valence-electron chi connectivity index (χ1n) is 11.4. The minimum absolute atomic E-state index is 0.0550. The minimum Gasteiger partial charge on any atom is -0.358 e. The van der Waals surface area contributed by atoms with Crippen LogP contribution in [0.15, 0.2) is 36.4 Å². The van der Waals surface area contributed by atoms with E-state index in [4.69, 9.17) is 0 Å². The number of aromatic nitrogens is 1. The van der Waals surface area contributed by atoms with Gasteiger partial charge in [-0.05, 0) is 74.3 Å². The molecule has 1 unspecified atom stereocenters. The first kappa shape index (κ1) is 19.9. The lowest BCUT2D eigenvalue weighted by atomic mass is 9.87. The van der Waals surface area contributed by atoms with Gasteiger partial charge in [0.1, 0.15) is 0 Å². The fourth-order valence-electron chi connectivity index (χ4n) is 5.09. The molecule has 160 valence electrons. The van der Waals surface area contributed by atoms with Crippen LogP contribution in [0.4, 0.5) is 5.69 Å². The molecule has 1 saturated heterocycles. The molecule has 0 bridgehead atoms. The molecular weight excluding hydrogens is 386 g/mol. The maximum atomic E-state index is 13.3. The SMILES string of the molecule is Cc1c(NC(=O)c2cccc3c4c([nH]c23)CCC(C)C4)cccc1C(=O)N1CCCC1. The molecule has 2 N–H and O–H groups in total. The van der Waals surface area contributed by atoms with E-state index in [2.05, 4.69) is 23.3 Å². The van der Waals surface area contributed by atoms with Crippen LogP contribution in [0.5, 0.6) is 0 Å². The van der Waals surface area contributed by atoms with E-state index >= 15 is 0 Å². The molecule has 31 heavy (non-hydrogen) atoms. The Morgan fingerprint density at radius 3 is 2.61 bits per heavy atom. The molecule has 0 spiro atoms. The van der Waals surface area contributed by atoms with Crippen LogP contribution in [-0.4, -0.2) is 34.8 Å². The van der Waals surface area contributed by atoms with Gasteiger partial charge in [0.2, 0.25) is 0 Å². The molecule has 0 saturated carbocycles. The maximum absolute atomic E-state index is 13.3. The second-order valence-corrected chi connectivity index (χ2v) is 9.09. The molecule has 5 nitrogen and oxygen atoms in total. The lowest BCUT2D eigenvalue weighted by molar-refractivity contribution is 0.0791. The molecular formula is C26H29N3O2. The lowest BCUT2D eigenvalue weighted by Gasteiger charge is -2.18. The molecule has 2 aromatic carbocycles. The van der Waals surface area contributed by atoms with Crippen molar-refractivity contribution in [1.29, 1.82) is 0 Å². The van der Waals surface area contributed by atoms with Crippen molar-refractivity contribution < 1.29 is 9.59 Å². The molecule has 1 atom stereocenters. The molecule has 1 aromatic heterocycles. The summed E-state index contributed by atoms with van der Waals surface area (Å²) in [4.78, 5) is 31.6. The van der Waals surface area contributed by atoms with Crippen LogP contribution >= 0.6 is 0 Å². The van der Waals surface area contributed by atoms with Crippen LogP contribution in [0.1, 0.15) is 63.7 Å². The van der Waals surface area contributed by atoms with Gasteiger partial charge in [-0.3, -0.25) is 9.59 Å². The van der Waals surface area contributed by atoms with Gasteiger partial charge in [-0.25, -0.2) is 0 Å². The average molecular weight is 416 g/mol. The normalized spacial score (nSPS) is 18.3. The second kappa shape index (κ2) is 7.88. The molecule has 1 fully saturated rings. The lowest BCUT2D eigenvalue weighted by Crippen LogP contribution is -2.28. The first-order valence-corrected chi connectivity index (χ1v) is 11.4. The first-order chi connectivity index (χ1) is 15.0. The zero-order valence-electron chi connectivity index (χ0n) is 18.3. The average Bonchev–Trinajstić information content (AvgIpc) is 3.42. The van der Waals surface area contributed by atoms with Gasteiger partial charge in [-0.2, -0.15) is 0 Å². The number of carbonyl (C=O) groups is 2. The largest absolute Gasteiger partial charge is 0.358 e. The van der Waals surface area contributed by atoms with Gasteiger partial charge in [0.05, 0.1) is 11.1 Å². The summed E-state index contributed by atoms with van der Waals surface area (Å²) in [5.74, 6) is 0.577. The Labute approximate surface area is 182 Å². The number of nitrogens with one attached hydrogen (secondary N) is 2. The molecule has 5 rings (SSSR count). The summed E-state index contributed by atoms with van der Waals surface area (Å²) in [6.07, 6.45) is 5.39. The van der Waals surface area contributed by atoms with Crippen LogP contribution in [0.3, 0.4) is 0 Å². The molecule has 2 heterocycles. The van der Waals surface area contributed by atoms with Crippen molar-refractivity contribution in [2.75, 3.05) is 18.4 Å². The van der Waals surface area contributed by atoms with Gasteiger partial charge in [0.25, 0.3) is 11.8 Å². The second-order valence-electron chi connectivity index (χ2n) is 9.09. The van der Waals surface area contributed by atoms with E-state index < -0.39 is 0 Å². The summed E-state index contributed by atoms with van der Waals surface area (Å²) >= 11 is 0. The highest BCUT2D eigenvalue weighted by molar-refractivity contribution is 6.13. The van der Waals surface area contributed by atoms with Crippen molar-refractivity contribution >= 4 is 28.4 Å². The topological polar surface area (TPSA) is 65.2 Å². The number of carbonyl (C=O) groups excluding carboxylic acids is 2. The Morgan fingerprint density at radius 2 is 1.81 bits per heavy atom. The number of para-hydroxylation sites is 1. The number of aromatic amines is 1. The zero-order chi connectivity index (χ0) is 21.5. The van der Waals surface area contributed by atoms with Crippen molar-refractivity contribution in [2.24, 2.45) is 5.92 Å². The third-order valence-electron chi connectivity index (χ3n) is 6.92. The number of H-pyrrole nitrogens is 1. The molecule has 2 amide bonds. The number of nitrogens with zero attached hydrogens (tertiary/aromatic N) is 1. The predicted octanol–water partition coefficient (Wildman–Crippen LogP) is 5.09. The van der Waals surface area contributed by atoms with E-state index in [-0.39, 0.29) is 11.8 Å². The number of rotatable bonds is 3.